The molecule has 4 nitrogen and oxygen atoms in total. The second kappa shape index (κ2) is 7.96. The highest BCUT2D eigenvalue weighted by Crippen LogP contribution is 2.17. The van der Waals surface area contributed by atoms with E-state index in [0.717, 1.165) is 11.1 Å². The maximum Gasteiger partial charge on any atom is 0.236 e. The van der Waals surface area contributed by atoms with Crippen LogP contribution in [0.3, 0.4) is 0 Å². The van der Waals surface area contributed by atoms with Gasteiger partial charge >= 0.3 is 0 Å². The Bertz CT molecular complexity index is 902. The average molecular weight is 353 g/mol. The largest absolute Gasteiger partial charge is 0.468 e. The van der Waals surface area contributed by atoms with Gasteiger partial charge in [-0.25, -0.2) is 8.42 Å². The van der Waals surface area contributed by atoms with Crippen molar-refractivity contribution in [3.05, 3.63) is 101 Å². The van der Waals surface area contributed by atoms with E-state index in [1.165, 1.54) is 9.71 Å². The summed E-state index contributed by atoms with van der Waals surface area (Å²) < 4.78 is 32.4. The van der Waals surface area contributed by atoms with Crippen molar-refractivity contribution in [1.29, 1.82) is 0 Å². The summed E-state index contributed by atoms with van der Waals surface area (Å²) in [6.45, 7) is 0.465. The van der Waals surface area contributed by atoms with Crippen molar-refractivity contribution in [2.75, 3.05) is 0 Å². The fourth-order valence-corrected chi connectivity index (χ4v) is 3.55. The predicted octanol–water partition coefficient (Wildman–Crippen LogP) is 4.28. The van der Waals surface area contributed by atoms with Gasteiger partial charge in [-0.3, -0.25) is 0 Å². The average Bonchev–Trinajstić information content (AvgIpc) is 3.15. The van der Waals surface area contributed by atoms with Crippen LogP contribution in [0.4, 0.5) is 0 Å². The number of rotatable bonds is 7. The maximum atomic E-state index is 12.8. The van der Waals surface area contributed by atoms with E-state index in [9.17, 15) is 8.42 Å². The topological polar surface area (TPSA) is 50.5 Å². The molecule has 0 fully saturated rings. The molecule has 0 aliphatic rings. The first-order valence-electron chi connectivity index (χ1n) is 7.93. The Balaban J connectivity index is 1.85. The minimum Gasteiger partial charge on any atom is -0.468 e. The van der Waals surface area contributed by atoms with Crippen LogP contribution in [0.1, 0.15) is 16.9 Å². The Morgan fingerprint density at radius 3 is 2.16 bits per heavy atom. The number of benzene rings is 2. The number of sulfonamides is 1. The molecule has 1 aromatic heterocycles. The van der Waals surface area contributed by atoms with Gasteiger partial charge in [0.25, 0.3) is 0 Å². The first kappa shape index (κ1) is 17.2. The highest BCUT2D eigenvalue weighted by molar-refractivity contribution is 7.92. The molecular weight excluding hydrogens is 334 g/mol. The summed E-state index contributed by atoms with van der Waals surface area (Å²) in [5.41, 5.74) is 1.76. The predicted molar refractivity (Wildman–Crippen MR) is 98.8 cm³/mol. The molecule has 1 heterocycles. The van der Waals surface area contributed by atoms with Crippen molar-refractivity contribution < 1.29 is 12.8 Å². The van der Waals surface area contributed by atoms with Crippen molar-refractivity contribution in [2.45, 2.75) is 13.1 Å². The van der Waals surface area contributed by atoms with Crippen LogP contribution in [0.25, 0.3) is 6.08 Å². The van der Waals surface area contributed by atoms with Crippen LogP contribution in [0.15, 0.2) is 88.9 Å². The molecule has 0 N–H and O–H groups in total. The fraction of sp³-hybridized carbons (Fsp3) is 0.100. The zero-order valence-corrected chi connectivity index (χ0v) is 14.5. The van der Waals surface area contributed by atoms with E-state index < -0.39 is 10.0 Å². The molecule has 3 rings (SSSR count). The molecule has 0 radical (unpaired) electrons. The van der Waals surface area contributed by atoms with Gasteiger partial charge in [-0.2, -0.15) is 4.31 Å². The van der Waals surface area contributed by atoms with E-state index in [1.54, 1.807) is 24.5 Å². The number of hydrogen-bond donors (Lipinski definition) is 0. The summed E-state index contributed by atoms with van der Waals surface area (Å²) in [4.78, 5) is 0. The molecule has 0 aliphatic heterocycles. The van der Waals surface area contributed by atoms with Gasteiger partial charge in [0.15, 0.2) is 0 Å². The van der Waals surface area contributed by atoms with Crippen LogP contribution in [0.5, 0.6) is 0 Å². The van der Waals surface area contributed by atoms with E-state index in [4.69, 9.17) is 4.42 Å². The van der Waals surface area contributed by atoms with Crippen molar-refractivity contribution in [1.82, 2.24) is 4.31 Å². The maximum absolute atomic E-state index is 12.8. The minimum absolute atomic E-state index is 0.184. The SMILES string of the molecule is O=S(=O)(/C=C\c1ccccc1)N(Cc1ccccc1)Cc1ccco1. The monoisotopic (exact) mass is 353 g/mol. The summed E-state index contributed by atoms with van der Waals surface area (Å²) >= 11 is 0. The molecular formula is C20H19NO3S. The Hall–Kier alpha value is -2.63. The van der Waals surface area contributed by atoms with E-state index in [0.29, 0.717) is 5.76 Å². The first-order chi connectivity index (χ1) is 12.1. The molecule has 3 aromatic rings. The number of furan rings is 1. The standard InChI is InChI=1S/C20H19NO3S/c22-25(23,15-13-18-8-3-1-4-9-18)21(17-20-12-7-14-24-20)16-19-10-5-2-6-11-19/h1-15H,16-17H2/b15-13-. The summed E-state index contributed by atoms with van der Waals surface area (Å²) in [6, 6.07) is 22.4. The number of hydrogen-bond acceptors (Lipinski definition) is 3. The fourth-order valence-electron chi connectivity index (χ4n) is 2.41. The lowest BCUT2D eigenvalue weighted by Gasteiger charge is -2.19. The van der Waals surface area contributed by atoms with E-state index in [1.807, 2.05) is 60.7 Å². The lowest BCUT2D eigenvalue weighted by atomic mass is 10.2. The molecule has 0 bridgehead atoms. The summed E-state index contributed by atoms with van der Waals surface area (Å²) in [5.74, 6) is 0.604. The third kappa shape index (κ3) is 4.92. The summed E-state index contributed by atoms with van der Waals surface area (Å²) in [5, 5.41) is 1.24. The van der Waals surface area contributed by atoms with Crippen LogP contribution >= 0.6 is 0 Å². The van der Waals surface area contributed by atoms with Gasteiger partial charge in [-0.1, -0.05) is 60.7 Å². The third-order valence-electron chi connectivity index (χ3n) is 3.71. The molecule has 0 atom stereocenters. The molecule has 0 aliphatic carbocycles. The van der Waals surface area contributed by atoms with Crippen LogP contribution < -0.4 is 0 Å². The lowest BCUT2D eigenvalue weighted by Crippen LogP contribution is -2.28. The van der Waals surface area contributed by atoms with E-state index >= 15 is 0 Å². The molecule has 25 heavy (non-hydrogen) atoms. The van der Waals surface area contributed by atoms with Gasteiger partial charge in [-0.15, -0.1) is 0 Å². The van der Waals surface area contributed by atoms with E-state index in [-0.39, 0.29) is 13.1 Å². The Labute approximate surface area is 148 Å². The number of nitrogens with zero attached hydrogens (tertiary/aromatic N) is 1. The van der Waals surface area contributed by atoms with Gasteiger partial charge in [0.1, 0.15) is 5.76 Å². The van der Waals surface area contributed by atoms with E-state index in [2.05, 4.69) is 0 Å². The Morgan fingerprint density at radius 2 is 1.52 bits per heavy atom. The van der Waals surface area contributed by atoms with Gasteiger partial charge in [0.05, 0.1) is 12.8 Å². The highest BCUT2D eigenvalue weighted by atomic mass is 32.2. The second-order valence-corrected chi connectivity index (χ2v) is 7.41. The first-order valence-corrected chi connectivity index (χ1v) is 9.43. The lowest BCUT2D eigenvalue weighted by molar-refractivity contribution is 0.362. The molecule has 0 amide bonds. The smallest absolute Gasteiger partial charge is 0.236 e. The van der Waals surface area contributed by atoms with Crippen LogP contribution in [-0.4, -0.2) is 12.7 Å². The van der Waals surface area contributed by atoms with Crippen molar-refractivity contribution in [3.8, 4) is 0 Å². The van der Waals surface area contributed by atoms with Gasteiger partial charge in [0, 0.05) is 12.0 Å². The van der Waals surface area contributed by atoms with Crippen molar-refractivity contribution in [3.63, 3.8) is 0 Å². The zero-order chi connectivity index (χ0) is 17.5. The summed E-state index contributed by atoms with van der Waals surface area (Å²) in [7, 11) is -3.60. The molecule has 5 heteroatoms. The highest BCUT2D eigenvalue weighted by Gasteiger charge is 2.21. The normalized spacial score (nSPS) is 12.0. The Morgan fingerprint density at radius 1 is 0.840 bits per heavy atom. The zero-order valence-electron chi connectivity index (χ0n) is 13.7. The molecule has 2 aromatic carbocycles. The Kier molecular flexibility index (Phi) is 5.48. The molecule has 0 saturated heterocycles. The van der Waals surface area contributed by atoms with Crippen molar-refractivity contribution in [2.24, 2.45) is 0 Å². The minimum atomic E-state index is -3.60. The summed E-state index contributed by atoms with van der Waals surface area (Å²) in [6.07, 6.45) is 3.15. The van der Waals surface area contributed by atoms with Crippen LogP contribution in [-0.2, 0) is 23.1 Å². The van der Waals surface area contributed by atoms with Crippen LogP contribution in [0.2, 0.25) is 0 Å². The molecule has 128 valence electrons. The second-order valence-electron chi connectivity index (χ2n) is 5.59. The third-order valence-corrected chi connectivity index (χ3v) is 5.16. The van der Waals surface area contributed by atoms with Crippen LogP contribution in [0, 0.1) is 0 Å². The molecule has 0 unspecified atom stereocenters. The molecule has 0 saturated carbocycles. The van der Waals surface area contributed by atoms with Gasteiger partial charge in [-0.05, 0) is 29.3 Å². The van der Waals surface area contributed by atoms with Gasteiger partial charge < -0.3 is 4.42 Å². The molecule has 0 spiro atoms. The van der Waals surface area contributed by atoms with Gasteiger partial charge in [0.2, 0.25) is 10.0 Å². The quantitative estimate of drug-likeness (QED) is 0.637. The van der Waals surface area contributed by atoms with Crippen molar-refractivity contribution >= 4 is 16.1 Å².